The van der Waals surface area contributed by atoms with Gasteiger partial charge in [-0.15, -0.1) is 0 Å². The van der Waals surface area contributed by atoms with E-state index in [1.807, 2.05) is 7.05 Å². The maximum Gasteiger partial charge on any atom is 0.221 e. The van der Waals surface area contributed by atoms with Crippen LogP contribution < -0.4 is 16.4 Å². The molecule has 114 valence electrons. The van der Waals surface area contributed by atoms with Gasteiger partial charge in [-0.3, -0.25) is 9.48 Å². The number of nitrogen functional groups attached to an aromatic ring is 1. The summed E-state index contributed by atoms with van der Waals surface area (Å²) in [7, 11) is 3.45. The third-order valence-electron chi connectivity index (χ3n) is 2.92. The number of methoxy groups -OCH3 is 1. The molecule has 0 atom stereocenters. The summed E-state index contributed by atoms with van der Waals surface area (Å²) >= 11 is 0. The van der Waals surface area contributed by atoms with Gasteiger partial charge in [-0.2, -0.15) is 5.10 Å². The molecule has 1 rings (SSSR count). The molecule has 0 aliphatic carbocycles. The third-order valence-corrected chi connectivity index (χ3v) is 2.92. The van der Waals surface area contributed by atoms with Gasteiger partial charge in [-0.25, -0.2) is 0 Å². The Bertz CT molecular complexity index is 431. The van der Waals surface area contributed by atoms with Crippen LogP contribution in [-0.2, 0) is 23.0 Å². The first kappa shape index (κ1) is 16.3. The van der Waals surface area contributed by atoms with Crippen LogP contribution in [0, 0.1) is 0 Å². The monoisotopic (exact) mass is 283 g/mol. The summed E-state index contributed by atoms with van der Waals surface area (Å²) < 4.78 is 6.59. The minimum absolute atomic E-state index is 0.0101. The molecule has 0 aliphatic rings. The van der Waals surface area contributed by atoms with Crippen molar-refractivity contribution in [3.05, 3.63) is 5.69 Å². The van der Waals surface area contributed by atoms with Crippen LogP contribution >= 0.6 is 0 Å². The van der Waals surface area contributed by atoms with E-state index in [1.165, 1.54) is 0 Å². The molecule has 0 saturated heterocycles. The molecule has 20 heavy (non-hydrogen) atoms. The fourth-order valence-electron chi connectivity index (χ4n) is 1.90. The molecule has 0 bridgehead atoms. The molecule has 4 N–H and O–H groups in total. The van der Waals surface area contributed by atoms with Gasteiger partial charge in [0, 0.05) is 33.7 Å². The van der Waals surface area contributed by atoms with E-state index in [-0.39, 0.29) is 5.91 Å². The van der Waals surface area contributed by atoms with Crippen LogP contribution in [0.3, 0.4) is 0 Å². The number of rotatable bonds is 9. The van der Waals surface area contributed by atoms with Crippen molar-refractivity contribution in [3.63, 3.8) is 0 Å². The summed E-state index contributed by atoms with van der Waals surface area (Å²) in [5, 5.41) is 10.3. The smallest absolute Gasteiger partial charge is 0.221 e. The van der Waals surface area contributed by atoms with E-state index in [9.17, 15) is 4.79 Å². The summed E-state index contributed by atoms with van der Waals surface area (Å²) in [6.07, 6.45) is 2.25. The number of nitrogens with one attached hydrogen (secondary N) is 2. The minimum atomic E-state index is -0.0101. The molecular formula is C13H25N5O2. The fourth-order valence-corrected chi connectivity index (χ4v) is 1.90. The van der Waals surface area contributed by atoms with Gasteiger partial charge in [0.05, 0.1) is 18.0 Å². The lowest BCUT2D eigenvalue weighted by molar-refractivity contribution is -0.121. The van der Waals surface area contributed by atoms with Crippen molar-refractivity contribution in [1.29, 1.82) is 0 Å². The van der Waals surface area contributed by atoms with Gasteiger partial charge < -0.3 is 21.1 Å². The van der Waals surface area contributed by atoms with Crippen LogP contribution in [-0.4, -0.2) is 42.5 Å². The van der Waals surface area contributed by atoms with Gasteiger partial charge in [0.15, 0.2) is 0 Å². The topological polar surface area (TPSA) is 94.2 Å². The van der Waals surface area contributed by atoms with Crippen molar-refractivity contribution in [2.75, 3.05) is 37.9 Å². The molecule has 0 aromatic carbocycles. The van der Waals surface area contributed by atoms with E-state index in [2.05, 4.69) is 22.7 Å². The predicted molar refractivity (Wildman–Crippen MR) is 79.6 cm³/mol. The number of amides is 1. The van der Waals surface area contributed by atoms with Crippen molar-refractivity contribution in [2.45, 2.75) is 26.2 Å². The summed E-state index contributed by atoms with van der Waals surface area (Å²) in [4.78, 5) is 11.5. The van der Waals surface area contributed by atoms with E-state index in [4.69, 9.17) is 10.5 Å². The van der Waals surface area contributed by atoms with E-state index in [1.54, 1.807) is 11.8 Å². The lowest BCUT2D eigenvalue weighted by atomic mass is 10.2. The molecule has 1 amide bonds. The Hall–Kier alpha value is -1.76. The fraction of sp³-hybridized carbons (Fsp3) is 0.692. The number of nitrogens with zero attached hydrogens (tertiary/aromatic N) is 2. The van der Waals surface area contributed by atoms with Crippen LogP contribution in [0.5, 0.6) is 0 Å². The number of nitrogens with two attached hydrogens (primary N) is 1. The summed E-state index contributed by atoms with van der Waals surface area (Å²) in [6.45, 7) is 3.66. The summed E-state index contributed by atoms with van der Waals surface area (Å²) in [5.74, 6) is 0.766. The molecule has 7 nitrogen and oxygen atoms in total. The molecule has 1 aromatic heterocycles. The Balaban J connectivity index is 2.40. The number of carbonyl (C=O) groups is 1. The Morgan fingerprint density at radius 3 is 2.85 bits per heavy atom. The molecule has 0 unspecified atom stereocenters. The van der Waals surface area contributed by atoms with Crippen LogP contribution in [0.1, 0.15) is 25.5 Å². The van der Waals surface area contributed by atoms with E-state index < -0.39 is 0 Å². The number of ether oxygens (including phenoxy) is 1. The first-order valence-corrected chi connectivity index (χ1v) is 6.91. The largest absolute Gasteiger partial charge is 0.394 e. The van der Waals surface area contributed by atoms with Crippen molar-refractivity contribution in [3.8, 4) is 0 Å². The van der Waals surface area contributed by atoms with Gasteiger partial charge in [0.2, 0.25) is 5.91 Å². The quantitative estimate of drug-likeness (QED) is 0.574. The first-order chi connectivity index (χ1) is 9.60. The van der Waals surface area contributed by atoms with Gasteiger partial charge >= 0.3 is 0 Å². The highest BCUT2D eigenvalue weighted by atomic mass is 16.5. The van der Waals surface area contributed by atoms with Crippen LogP contribution in [0.15, 0.2) is 0 Å². The van der Waals surface area contributed by atoms with Gasteiger partial charge in [-0.1, -0.05) is 13.3 Å². The van der Waals surface area contributed by atoms with E-state index >= 15 is 0 Å². The lowest BCUT2D eigenvalue weighted by Crippen LogP contribution is -2.28. The molecular weight excluding hydrogens is 258 g/mol. The SMILES string of the molecule is CCCc1nn(C)c(NCCC(=O)NCCOC)c1N. The molecule has 0 saturated carbocycles. The van der Waals surface area contributed by atoms with Crippen molar-refractivity contribution in [2.24, 2.45) is 7.05 Å². The number of anilines is 2. The molecule has 0 fully saturated rings. The zero-order valence-electron chi connectivity index (χ0n) is 12.5. The number of hydrogen-bond acceptors (Lipinski definition) is 5. The molecule has 0 aliphatic heterocycles. The number of hydrogen-bond donors (Lipinski definition) is 3. The Morgan fingerprint density at radius 2 is 2.20 bits per heavy atom. The average Bonchev–Trinajstić information content (AvgIpc) is 2.67. The average molecular weight is 283 g/mol. The second-order valence-corrected chi connectivity index (χ2v) is 4.60. The summed E-state index contributed by atoms with van der Waals surface area (Å²) in [5.41, 5.74) is 7.62. The molecule has 1 aromatic rings. The van der Waals surface area contributed by atoms with Crippen molar-refractivity contribution < 1.29 is 9.53 Å². The highest BCUT2D eigenvalue weighted by molar-refractivity contribution is 5.76. The number of aromatic nitrogens is 2. The lowest BCUT2D eigenvalue weighted by Gasteiger charge is -2.08. The molecule has 7 heteroatoms. The highest BCUT2D eigenvalue weighted by Gasteiger charge is 2.12. The number of carbonyl (C=O) groups excluding carboxylic acids is 1. The standard InChI is InChI=1S/C13H25N5O2/c1-4-5-10-12(14)13(18(2)17-10)16-7-6-11(19)15-8-9-20-3/h16H,4-9,14H2,1-3H3,(H,15,19). The first-order valence-electron chi connectivity index (χ1n) is 6.91. The third kappa shape index (κ3) is 4.73. The van der Waals surface area contributed by atoms with Crippen LogP contribution in [0.4, 0.5) is 11.5 Å². The zero-order valence-corrected chi connectivity index (χ0v) is 12.5. The second kappa shape index (κ2) is 8.42. The minimum Gasteiger partial charge on any atom is -0.394 e. The highest BCUT2D eigenvalue weighted by Crippen LogP contribution is 2.22. The van der Waals surface area contributed by atoms with Gasteiger partial charge in [0.25, 0.3) is 0 Å². The second-order valence-electron chi connectivity index (χ2n) is 4.60. The predicted octanol–water partition coefficient (Wildman–Crippen LogP) is 0.519. The van der Waals surface area contributed by atoms with Gasteiger partial charge in [-0.05, 0) is 6.42 Å². The summed E-state index contributed by atoms with van der Waals surface area (Å²) in [6, 6.07) is 0. The maximum absolute atomic E-state index is 11.5. The Morgan fingerprint density at radius 1 is 1.45 bits per heavy atom. The number of aryl methyl sites for hydroxylation is 2. The molecule has 0 spiro atoms. The zero-order chi connectivity index (χ0) is 15.0. The maximum atomic E-state index is 11.5. The van der Waals surface area contributed by atoms with Crippen molar-refractivity contribution in [1.82, 2.24) is 15.1 Å². The normalized spacial score (nSPS) is 10.6. The van der Waals surface area contributed by atoms with Gasteiger partial charge in [0.1, 0.15) is 5.82 Å². The van der Waals surface area contributed by atoms with Crippen molar-refractivity contribution >= 4 is 17.4 Å². The Kier molecular flexibility index (Phi) is 6.86. The molecule has 1 heterocycles. The van der Waals surface area contributed by atoms with E-state index in [0.717, 1.165) is 24.4 Å². The Labute approximate surface area is 119 Å². The van der Waals surface area contributed by atoms with E-state index in [0.29, 0.717) is 31.8 Å². The molecule has 0 radical (unpaired) electrons. The van der Waals surface area contributed by atoms with Crippen LogP contribution in [0.2, 0.25) is 0 Å². The van der Waals surface area contributed by atoms with Crippen LogP contribution in [0.25, 0.3) is 0 Å².